The molecule has 0 radical (unpaired) electrons. The molecule has 0 unspecified atom stereocenters. The van der Waals surface area contributed by atoms with E-state index in [0.29, 0.717) is 17.4 Å². The molecule has 28 heavy (non-hydrogen) atoms. The normalized spacial score (nSPS) is 10.5. The summed E-state index contributed by atoms with van der Waals surface area (Å²) in [4.78, 5) is 0. The van der Waals surface area contributed by atoms with E-state index in [0.717, 1.165) is 28.2 Å². The van der Waals surface area contributed by atoms with Crippen LogP contribution in [0.25, 0.3) is 11.1 Å². The molecule has 0 atom stereocenters. The largest absolute Gasteiger partial charge is 0.489 e. The van der Waals surface area contributed by atoms with Crippen molar-refractivity contribution in [2.75, 3.05) is 0 Å². The predicted molar refractivity (Wildman–Crippen MR) is 114 cm³/mol. The van der Waals surface area contributed by atoms with Crippen molar-refractivity contribution in [1.82, 2.24) is 0 Å². The highest BCUT2D eigenvalue weighted by Crippen LogP contribution is 2.33. The smallest absolute Gasteiger partial charge is 0.128 e. The first-order valence-electron chi connectivity index (χ1n) is 9.07. The third-order valence-corrected chi connectivity index (χ3v) is 4.65. The number of hydrogen-bond acceptors (Lipinski definition) is 2. The van der Waals surface area contributed by atoms with E-state index in [-0.39, 0.29) is 0 Å². The molecule has 4 aromatic rings. The molecule has 3 heteroatoms. The van der Waals surface area contributed by atoms with Crippen LogP contribution in [0.15, 0.2) is 103 Å². The Morgan fingerprint density at radius 2 is 1.21 bits per heavy atom. The lowest BCUT2D eigenvalue weighted by atomic mass is 10.1. The maximum Gasteiger partial charge on any atom is 0.128 e. The lowest BCUT2D eigenvalue weighted by Gasteiger charge is -2.10. The van der Waals surface area contributed by atoms with Crippen LogP contribution in [-0.4, -0.2) is 0 Å². The van der Waals surface area contributed by atoms with E-state index in [1.54, 1.807) is 0 Å². The average Bonchev–Trinajstić information content (AvgIpc) is 2.75. The van der Waals surface area contributed by atoms with Crippen molar-refractivity contribution in [3.63, 3.8) is 0 Å². The molecule has 0 aliphatic heterocycles. The second-order valence-corrected chi connectivity index (χ2v) is 6.76. The van der Waals surface area contributed by atoms with Crippen molar-refractivity contribution in [2.45, 2.75) is 6.61 Å². The molecule has 0 spiro atoms. The Morgan fingerprint density at radius 3 is 1.89 bits per heavy atom. The zero-order valence-electron chi connectivity index (χ0n) is 15.2. The molecule has 4 aromatic carbocycles. The van der Waals surface area contributed by atoms with E-state index < -0.39 is 0 Å². The van der Waals surface area contributed by atoms with E-state index in [1.807, 2.05) is 103 Å². The first kappa shape index (κ1) is 18.1. The van der Waals surface area contributed by atoms with E-state index in [4.69, 9.17) is 21.1 Å². The third-order valence-electron chi connectivity index (χ3n) is 4.33. The fraction of sp³-hybridized carbons (Fsp3) is 0.0400. The zero-order chi connectivity index (χ0) is 19.2. The highest BCUT2D eigenvalue weighted by atomic mass is 35.5. The highest BCUT2D eigenvalue weighted by Gasteiger charge is 2.06. The Bertz CT molecular complexity index is 1030. The molecular weight excluding hydrogens is 368 g/mol. The van der Waals surface area contributed by atoms with Crippen molar-refractivity contribution in [1.29, 1.82) is 0 Å². The SMILES string of the molecule is Clc1cc(Oc2ccc(OCc3ccccc3)cc2)ccc1-c1ccccc1. The minimum Gasteiger partial charge on any atom is -0.489 e. The van der Waals surface area contributed by atoms with Crippen LogP contribution in [0.4, 0.5) is 0 Å². The second-order valence-electron chi connectivity index (χ2n) is 6.36. The fourth-order valence-electron chi connectivity index (χ4n) is 2.89. The van der Waals surface area contributed by atoms with Gasteiger partial charge in [0.2, 0.25) is 0 Å². The predicted octanol–water partition coefficient (Wildman–Crippen LogP) is 7.38. The van der Waals surface area contributed by atoms with Crippen molar-refractivity contribution in [3.8, 4) is 28.4 Å². The van der Waals surface area contributed by atoms with Crippen molar-refractivity contribution < 1.29 is 9.47 Å². The lowest BCUT2D eigenvalue weighted by molar-refractivity contribution is 0.306. The maximum atomic E-state index is 6.45. The van der Waals surface area contributed by atoms with Gasteiger partial charge in [-0.1, -0.05) is 72.3 Å². The summed E-state index contributed by atoms with van der Waals surface area (Å²) in [6, 6.07) is 33.5. The van der Waals surface area contributed by atoms with E-state index >= 15 is 0 Å². The summed E-state index contributed by atoms with van der Waals surface area (Å²) in [6.45, 7) is 0.539. The molecule has 0 amide bonds. The number of halogens is 1. The summed E-state index contributed by atoms with van der Waals surface area (Å²) in [5.41, 5.74) is 3.20. The molecule has 0 aliphatic carbocycles. The van der Waals surface area contributed by atoms with Crippen LogP contribution in [0.3, 0.4) is 0 Å². The lowest BCUT2D eigenvalue weighted by Crippen LogP contribution is -1.94. The number of rotatable bonds is 6. The number of ether oxygens (including phenoxy) is 2. The van der Waals surface area contributed by atoms with Gasteiger partial charge < -0.3 is 9.47 Å². The maximum absolute atomic E-state index is 6.45. The summed E-state index contributed by atoms with van der Waals surface area (Å²) in [7, 11) is 0. The Morgan fingerprint density at radius 1 is 0.607 bits per heavy atom. The molecule has 0 aromatic heterocycles. The minimum atomic E-state index is 0.539. The topological polar surface area (TPSA) is 18.5 Å². The van der Waals surface area contributed by atoms with Crippen LogP contribution in [0.2, 0.25) is 5.02 Å². The molecule has 0 heterocycles. The molecule has 138 valence electrons. The van der Waals surface area contributed by atoms with Crippen LogP contribution < -0.4 is 9.47 Å². The van der Waals surface area contributed by atoms with Crippen LogP contribution in [0, 0.1) is 0 Å². The molecule has 0 aliphatic rings. The summed E-state index contributed by atoms with van der Waals surface area (Å²) >= 11 is 6.45. The van der Waals surface area contributed by atoms with Gasteiger partial charge in [-0.3, -0.25) is 0 Å². The molecule has 0 saturated carbocycles. The third kappa shape index (κ3) is 4.54. The van der Waals surface area contributed by atoms with Gasteiger partial charge >= 0.3 is 0 Å². The summed E-state index contributed by atoms with van der Waals surface area (Å²) in [6.07, 6.45) is 0. The Kier molecular flexibility index (Phi) is 5.60. The summed E-state index contributed by atoms with van der Waals surface area (Å²) in [5, 5.41) is 0.659. The van der Waals surface area contributed by atoms with Crippen molar-refractivity contribution >= 4 is 11.6 Å². The van der Waals surface area contributed by atoms with Crippen LogP contribution >= 0.6 is 11.6 Å². The first-order valence-corrected chi connectivity index (χ1v) is 9.45. The van der Waals surface area contributed by atoms with Gasteiger partial charge in [-0.15, -0.1) is 0 Å². The zero-order valence-corrected chi connectivity index (χ0v) is 16.0. The number of benzene rings is 4. The second kappa shape index (κ2) is 8.64. The van der Waals surface area contributed by atoms with Gasteiger partial charge in [0.15, 0.2) is 0 Å². The minimum absolute atomic E-state index is 0.539. The highest BCUT2D eigenvalue weighted by molar-refractivity contribution is 6.33. The standard InChI is InChI=1S/C25H19ClO2/c26-25-17-23(15-16-24(25)20-9-5-2-6-10-20)28-22-13-11-21(12-14-22)27-18-19-7-3-1-4-8-19/h1-17H,18H2. The van der Waals surface area contributed by atoms with Gasteiger partial charge in [0, 0.05) is 11.6 Å². The quantitative estimate of drug-likeness (QED) is 0.344. The average molecular weight is 387 g/mol. The molecule has 0 N–H and O–H groups in total. The Balaban J connectivity index is 1.41. The van der Waals surface area contributed by atoms with Gasteiger partial charge in [-0.05, 0) is 47.5 Å². The summed E-state index contributed by atoms with van der Waals surface area (Å²) < 4.78 is 11.7. The van der Waals surface area contributed by atoms with Crippen LogP contribution in [0.5, 0.6) is 17.2 Å². The van der Waals surface area contributed by atoms with Crippen LogP contribution in [-0.2, 0) is 6.61 Å². The van der Waals surface area contributed by atoms with E-state index in [1.165, 1.54) is 0 Å². The van der Waals surface area contributed by atoms with Crippen LogP contribution in [0.1, 0.15) is 5.56 Å². The van der Waals surface area contributed by atoms with Gasteiger partial charge in [0.05, 0.1) is 5.02 Å². The molecule has 0 saturated heterocycles. The first-order chi connectivity index (χ1) is 13.8. The molecular formula is C25H19ClO2. The van der Waals surface area contributed by atoms with Crippen molar-refractivity contribution in [2.24, 2.45) is 0 Å². The van der Waals surface area contributed by atoms with Gasteiger partial charge in [0.1, 0.15) is 23.9 Å². The monoisotopic (exact) mass is 386 g/mol. The van der Waals surface area contributed by atoms with Gasteiger partial charge in [-0.25, -0.2) is 0 Å². The van der Waals surface area contributed by atoms with Gasteiger partial charge in [0.25, 0.3) is 0 Å². The van der Waals surface area contributed by atoms with Gasteiger partial charge in [-0.2, -0.15) is 0 Å². The van der Waals surface area contributed by atoms with E-state index in [2.05, 4.69) is 0 Å². The Labute approximate surface area is 169 Å². The summed E-state index contributed by atoms with van der Waals surface area (Å²) in [5.74, 6) is 2.23. The molecule has 2 nitrogen and oxygen atoms in total. The Hall–Kier alpha value is -3.23. The molecule has 0 fully saturated rings. The molecule has 0 bridgehead atoms. The number of hydrogen-bond donors (Lipinski definition) is 0. The van der Waals surface area contributed by atoms with E-state index in [9.17, 15) is 0 Å². The fourth-order valence-corrected chi connectivity index (χ4v) is 3.17. The molecule has 4 rings (SSSR count). The van der Waals surface area contributed by atoms with Crippen molar-refractivity contribution in [3.05, 3.63) is 114 Å².